The average Bonchev–Trinajstić information content (AvgIpc) is 2.30. The highest BCUT2D eigenvalue weighted by atomic mass is 15.5. The summed E-state index contributed by atoms with van der Waals surface area (Å²) in [4.78, 5) is 2.37. The summed E-state index contributed by atoms with van der Waals surface area (Å²) >= 11 is 0. The molecule has 1 fully saturated rings. The predicted octanol–water partition coefficient (Wildman–Crippen LogP) is 1.25. The highest BCUT2D eigenvalue weighted by Gasteiger charge is 2.12. The summed E-state index contributed by atoms with van der Waals surface area (Å²) in [6.07, 6.45) is 0. The Bertz CT molecular complexity index is 312. The number of likely N-dealkylation sites (N-methyl/N-ethyl adjacent to an activating group) is 1. The van der Waals surface area contributed by atoms with Gasteiger partial charge >= 0.3 is 0 Å². The number of hydrazine groups is 1. The Morgan fingerprint density at radius 3 is 2.31 bits per heavy atom. The van der Waals surface area contributed by atoms with Gasteiger partial charge in [0.2, 0.25) is 0 Å². The minimum absolute atomic E-state index is 0.935. The standard InChI is InChI=1S/C13H21N3/c1-12-3-5-13(6-4-12)11-14-16-9-7-15(2)8-10-16/h3-6,14H,7-11H2,1-2H3. The topological polar surface area (TPSA) is 18.5 Å². The molecule has 0 unspecified atom stereocenters. The Labute approximate surface area is 98.0 Å². The van der Waals surface area contributed by atoms with Crippen LogP contribution in [0.4, 0.5) is 0 Å². The van der Waals surface area contributed by atoms with Gasteiger partial charge in [0.25, 0.3) is 0 Å². The lowest BCUT2D eigenvalue weighted by atomic mass is 10.1. The maximum Gasteiger partial charge on any atom is 0.0353 e. The number of hydrogen-bond acceptors (Lipinski definition) is 3. The van der Waals surface area contributed by atoms with Gasteiger partial charge < -0.3 is 4.90 Å². The first kappa shape index (κ1) is 11.6. The highest BCUT2D eigenvalue weighted by Crippen LogP contribution is 2.03. The molecule has 1 aromatic carbocycles. The lowest BCUT2D eigenvalue weighted by Gasteiger charge is -2.32. The van der Waals surface area contributed by atoms with Crippen LogP contribution in [0.1, 0.15) is 11.1 Å². The van der Waals surface area contributed by atoms with Gasteiger partial charge in [-0.2, -0.15) is 0 Å². The van der Waals surface area contributed by atoms with E-state index in [1.54, 1.807) is 0 Å². The summed E-state index contributed by atoms with van der Waals surface area (Å²) in [6, 6.07) is 8.72. The summed E-state index contributed by atoms with van der Waals surface area (Å²) in [5.74, 6) is 0. The van der Waals surface area contributed by atoms with E-state index in [1.165, 1.54) is 11.1 Å². The van der Waals surface area contributed by atoms with Gasteiger partial charge in [0.05, 0.1) is 0 Å². The van der Waals surface area contributed by atoms with Crippen LogP contribution in [0.25, 0.3) is 0 Å². The van der Waals surface area contributed by atoms with Gasteiger partial charge in [-0.3, -0.25) is 5.43 Å². The first-order valence-electron chi connectivity index (χ1n) is 5.96. The molecule has 1 saturated heterocycles. The SMILES string of the molecule is Cc1ccc(CNN2CCN(C)CC2)cc1. The normalized spacial score (nSPS) is 18.9. The van der Waals surface area contributed by atoms with Gasteiger partial charge in [-0.05, 0) is 19.5 Å². The molecule has 1 aliphatic rings. The largest absolute Gasteiger partial charge is 0.304 e. The number of nitrogens with one attached hydrogen (secondary N) is 1. The van der Waals surface area contributed by atoms with Crippen molar-refractivity contribution in [2.24, 2.45) is 0 Å². The fraction of sp³-hybridized carbons (Fsp3) is 0.538. The van der Waals surface area contributed by atoms with Gasteiger partial charge in [-0.1, -0.05) is 29.8 Å². The number of benzene rings is 1. The number of rotatable bonds is 3. The third kappa shape index (κ3) is 3.30. The van der Waals surface area contributed by atoms with Crippen molar-refractivity contribution >= 4 is 0 Å². The second-order valence-corrected chi connectivity index (χ2v) is 4.61. The second kappa shape index (κ2) is 5.43. The van der Waals surface area contributed by atoms with Gasteiger partial charge in [0.1, 0.15) is 0 Å². The van der Waals surface area contributed by atoms with Crippen LogP contribution >= 0.6 is 0 Å². The van der Waals surface area contributed by atoms with E-state index in [2.05, 4.69) is 53.6 Å². The van der Waals surface area contributed by atoms with Crippen molar-refractivity contribution in [1.29, 1.82) is 0 Å². The number of aryl methyl sites for hydroxylation is 1. The van der Waals surface area contributed by atoms with E-state index in [0.29, 0.717) is 0 Å². The van der Waals surface area contributed by atoms with Crippen LogP contribution in [0.3, 0.4) is 0 Å². The molecule has 0 saturated carbocycles. The van der Waals surface area contributed by atoms with Crippen LogP contribution in [0.5, 0.6) is 0 Å². The highest BCUT2D eigenvalue weighted by molar-refractivity contribution is 5.20. The minimum Gasteiger partial charge on any atom is -0.304 e. The molecule has 0 aromatic heterocycles. The number of hydrogen-bond donors (Lipinski definition) is 1. The van der Waals surface area contributed by atoms with Crippen molar-refractivity contribution in [3.8, 4) is 0 Å². The summed E-state index contributed by atoms with van der Waals surface area (Å²) < 4.78 is 0. The molecule has 2 rings (SSSR count). The van der Waals surface area contributed by atoms with Crippen LogP contribution in [0.2, 0.25) is 0 Å². The molecule has 0 amide bonds. The van der Waals surface area contributed by atoms with E-state index < -0.39 is 0 Å². The molecule has 1 heterocycles. The van der Waals surface area contributed by atoms with E-state index in [4.69, 9.17) is 0 Å². The van der Waals surface area contributed by atoms with E-state index >= 15 is 0 Å². The molecule has 0 aliphatic carbocycles. The molecule has 1 aliphatic heterocycles. The molecule has 3 heteroatoms. The van der Waals surface area contributed by atoms with Crippen molar-refractivity contribution in [3.05, 3.63) is 35.4 Å². The van der Waals surface area contributed by atoms with Crippen LogP contribution in [-0.2, 0) is 6.54 Å². The quantitative estimate of drug-likeness (QED) is 0.825. The maximum atomic E-state index is 3.48. The molecule has 0 radical (unpaired) electrons. The molecule has 0 spiro atoms. The summed E-state index contributed by atoms with van der Waals surface area (Å²) in [5, 5.41) is 2.32. The van der Waals surface area contributed by atoms with E-state index in [9.17, 15) is 0 Å². The molecule has 1 aromatic rings. The van der Waals surface area contributed by atoms with Crippen molar-refractivity contribution in [3.63, 3.8) is 0 Å². The molecule has 16 heavy (non-hydrogen) atoms. The third-order valence-corrected chi connectivity index (χ3v) is 3.13. The van der Waals surface area contributed by atoms with E-state index in [0.717, 1.165) is 32.7 Å². The van der Waals surface area contributed by atoms with Gasteiger partial charge in [0.15, 0.2) is 0 Å². The maximum absolute atomic E-state index is 3.48. The van der Waals surface area contributed by atoms with Crippen LogP contribution in [0, 0.1) is 6.92 Å². The molecular weight excluding hydrogens is 198 g/mol. The van der Waals surface area contributed by atoms with Crippen molar-refractivity contribution in [2.45, 2.75) is 13.5 Å². The Balaban J connectivity index is 1.77. The van der Waals surface area contributed by atoms with Crippen LogP contribution < -0.4 is 5.43 Å². The lowest BCUT2D eigenvalue weighted by molar-refractivity contribution is 0.102. The molecule has 3 nitrogen and oxygen atoms in total. The van der Waals surface area contributed by atoms with Crippen LogP contribution in [0.15, 0.2) is 24.3 Å². The lowest BCUT2D eigenvalue weighted by Crippen LogP contribution is -2.50. The van der Waals surface area contributed by atoms with Crippen LogP contribution in [-0.4, -0.2) is 43.1 Å². The molecule has 0 bridgehead atoms. The number of nitrogens with zero attached hydrogens (tertiary/aromatic N) is 2. The first-order valence-corrected chi connectivity index (χ1v) is 5.96. The second-order valence-electron chi connectivity index (χ2n) is 4.61. The van der Waals surface area contributed by atoms with Crippen molar-refractivity contribution in [1.82, 2.24) is 15.3 Å². The van der Waals surface area contributed by atoms with Crippen molar-refractivity contribution < 1.29 is 0 Å². The third-order valence-electron chi connectivity index (χ3n) is 3.13. The monoisotopic (exact) mass is 219 g/mol. The predicted molar refractivity (Wildman–Crippen MR) is 67.1 cm³/mol. The summed E-state index contributed by atoms with van der Waals surface area (Å²) in [6.45, 7) is 7.59. The molecule has 0 atom stereocenters. The zero-order chi connectivity index (χ0) is 11.4. The average molecular weight is 219 g/mol. The Kier molecular flexibility index (Phi) is 3.93. The summed E-state index contributed by atoms with van der Waals surface area (Å²) in [5.41, 5.74) is 6.16. The fourth-order valence-electron chi connectivity index (χ4n) is 1.87. The Hall–Kier alpha value is -0.900. The first-order chi connectivity index (χ1) is 7.74. The van der Waals surface area contributed by atoms with Gasteiger partial charge in [-0.15, -0.1) is 0 Å². The van der Waals surface area contributed by atoms with E-state index in [1.807, 2.05) is 0 Å². The summed E-state index contributed by atoms with van der Waals surface area (Å²) in [7, 11) is 2.18. The molecule has 88 valence electrons. The van der Waals surface area contributed by atoms with Gasteiger partial charge in [0, 0.05) is 32.7 Å². The van der Waals surface area contributed by atoms with Crippen molar-refractivity contribution in [2.75, 3.05) is 33.2 Å². The van der Waals surface area contributed by atoms with Gasteiger partial charge in [-0.25, -0.2) is 5.01 Å². The minimum atomic E-state index is 0.935. The zero-order valence-electron chi connectivity index (χ0n) is 10.2. The smallest absolute Gasteiger partial charge is 0.0353 e. The Morgan fingerprint density at radius 2 is 1.69 bits per heavy atom. The van der Waals surface area contributed by atoms with E-state index in [-0.39, 0.29) is 0 Å². The molecular formula is C13H21N3. The zero-order valence-corrected chi connectivity index (χ0v) is 10.2. The fourth-order valence-corrected chi connectivity index (χ4v) is 1.87. The Morgan fingerprint density at radius 1 is 1.06 bits per heavy atom. The number of piperazine rings is 1. The molecule has 1 N–H and O–H groups in total.